The smallest absolute Gasteiger partial charge is 0.386 e. The van der Waals surface area contributed by atoms with Crippen molar-refractivity contribution in [3.8, 4) is 11.5 Å². The molecule has 2 aromatic carbocycles. The van der Waals surface area contributed by atoms with Gasteiger partial charge >= 0.3 is 6.61 Å². The zero-order valence-corrected chi connectivity index (χ0v) is 16.1. The van der Waals surface area contributed by atoms with Gasteiger partial charge in [-0.15, -0.1) is 0 Å². The van der Waals surface area contributed by atoms with Crippen LogP contribution in [0, 0.1) is 0 Å². The largest absolute Gasteiger partial charge is 0.493 e. The minimum absolute atomic E-state index is 0.0238. The van der Waals surface area contributed by atoms with E-state index < -0.39 is 12.5 Å². The maximum absolute atomic E-state index is 12.5. The second-order valence-corrected chi connectivity index (χ2v) is 6.07. The van der Waals surface area contributed by atoms with Crippen LogP contribution in [0.4, 0.5) is 8.78 Å². The molecule has 1 N–H and O–H groups in total. The minimum atomic E-state index is -3.03. The molecule has 0 unspecified atom stereocenters. The SMILES string of the molecule is COc1ccc(CCNC(=O)/C(=C/OC(F)F)c2ccc(Cl)cc2)cc1OC. The van der Waals surface area contributed by atoms with Crippen molar-refractivity contribution in [1.82, 2.24) is 5.32 Å². The fourth-order valence-electron chi connectivity index (χ4n) is 2.45. The number of amides is 1. The second kappa shape index (κ2) is 10.5. The summed E-state index contributed by atoms with van der Waals surface area (Å²) in [6, 6.07) is 11.7. The average molecular weight is 412 g/mol. The second-order valence-electron chi connectivity index (χ2n) is 5.63. The van der Waals surface area contributed by atoms with Crippen LogP contribution in [-0.2, 0) is 16.0 Å². The van der Waals surface area contributed by atoms with Crippen LogP contribution in [0.3, 0.4) is 0 Å². The summed E-state index contributed by atoms with van der Waals surface area (Å²) in [5.41, 5.74) is 1.30. The standard InChI is InChI=1S/C20H20ClF2NO4/c1-26-17-8-3-13(11-18(17)27-2)9-10-24-19(25)16(12-28-20(22)23)14-4-6-15(21)7-5-14/h3-8,11-12,20H,9-10H2,1-2H3,(H,24,25)/b16-12+. The zero-order chi connectivity index (χ0) is 20.5. The van der Waals surface area contributed by atoms with Crippen LogP contribution in [0.15, 0.2) is 48.7 Å². The molecule has 1 amide bonds. The van der Waals surface area contributed by atoms with Crippen molar-refractivity contribution in [1.29, 1.82) is 0 Å². The molecule has 0 heterocycles. The molecule has 0 aromatic heterocycles. The summed E-state index contributed by atoms with van der Waals surface area (Å²) in [6.07, 6.45) is 1.26. The molecule has 8 heteroatoms. The fraction of sp³-hybridized carbons (Fsp3) is 0.250. The first-order valence-corrected chi connectivity index (χ1v) is 8.71. The summed E-state index contributed by atoms with van der Waals surface area (Å²) >= 11 is 5.83. The van der Waals surface area contributed by atoms with Gasteiger partial charge < -0.3 is 19.5 Å². The molecule has 2 aromatic rings. The van der Waals surface area contributed by atoms with Gasteiger partial charge in [0.2, 0.25) is 0 Å². The molecular weight excluding hydrogens is 392 g/mol. The van der Waals surface area contributed by atoms with E-state index in [1.54, 1.807) is 43.5 Å². The van der Waals surface area contributed by atoms with E-state index in [0.29, 0.717) is 28.5 Å². The van der Waals surface area contributed by atoms with Gasteiger partial charge in [-0.2, -0.15) is 8.78 Å². The van der Waals surface area contributed by atoms with Crippen molar-refractivity contribution in [2.45, 2.75) is 13.0 Å². The number of halogens is 3. The molecule has 0 bridgehead atoms. The highest BCUT2D eigenvalue weighted by Gasteiger charge is 2.14. The Morgan fingerprint density at radius 1 is 1.11 bits per heavy atom. The van der Waals surface area contributed by atoms with E-state index >= 15 is 0 Å². The molecule has 150 valence electrons. The van der Waals surface area contributed by atoms with Crippen LogP contribution < -0.4 is 14.8 Å². The lowest BCUT2D eigenvalue weighted by Gasteiger charge is -2.12. The molecular formula is C20H20ClF2NO4. The molecule has 0 aliphatic carbocycles. The molecule has 28 heavy (non-hydrogen) atoms. The molecule has 0 saturated carbocycles. The molecule has 0 spiro atoms. The number of hydrogen-bond acceptors (Lipinski definition) is 4. The topological polar surface area (TPSA) is 56.8 Å². The Hall–Kier alpha value is -2.80. The first-order valence-electron chi connectivity index (χ1n) is 8.33. The summed E-state index contributed by atoms with van der Waals surface area (Å²) in [6.45, 7) is -2.74. The van der Waals surface area contributed by atoms with Gasteiger partial charge in [0.15, 0.2) is 11.5 Å². The van der Waals surface area contributed by atoms with Crippen LogP contribution >= 0.6 is 11.6 Å². The lowest BCUT2D eigenvalue weighted by molar-refractivity contribution is -0.116. The third-order valence-electron chi connectivity index (χ3n) is 3.84. The van der Waals surface area contributed by atoms with E-state index in [2.05, 4.69) is 10.1 Å². The summed E-state index contributed by atoms with van der Waals surface area (Å²) in [4.78, 5) is 12.5. The highest BCUT2D eigenvalue weighted by molar-refractivity contribution is 6.30. The monoisotopic (exact) mass is 411 g/mol. The van der Waals surface area contributed by atoms with Gasteiger partial charge in [-0.3, -0.25) is 4.79 Å². The quantitative estimate of drug-likeness (QED) is 0.494. The number of carbonyl (C=O) groups excluding carboxylic acids is 1. The van der Waals surface area contributed by atoms with Crippen LogP contribution in [0.25, 0.3) is 5.57 Å². The van der Waals surface area contributed by atoms with Crippen molar-refractivity contribution in [2.75, 3.05) is 20.8 Å². The van der Waals surface area contributed by atoms with Gasteiger partial charge in [0.05, 0.1) is 19.8 Å². The Morgan fingerprint density at radius 2 is 1.79 bits per heavy atom. The maximum atomic E-state index is 12.5. The van der Waals surface area contributed by atoms with Crippen LogP contribution in [0.2, 0.25) is 5.02 Å². The Balaban J connectivity index is 2.05. The van der Waals surface area contributed by atoms with Crippen LogP contribution in [0.1, 0.15) is 11.1 Å². The molecule has 0 aliphatic rings. The predicted octanol–water partition coefficient (Wildman–Crippen LogP) is 4.30. The van der Waals surface area contributed by atoms with Gasteiger partial charge in [-0.1, -0.05) is 29.8 Å². The van der Waals surface area contributed by atoms with Crippen molar-refractivity contribution < 1.29 is 27.8 Å². The Morgan fingerprint density at radius 3 is 2.39 bits per heavy atom. The number of rotatable bonds is 9. The average Bonchev–Trinajstić information content (AvgIpc) is 2.69. The first-order chi connectivity index (χ1) is 13.4. The van der Waals surface area contributed by atoms with Gasteiger partial charge in [0.25, 0.3) is 5.91 Å². The van der Waals surface area contributed by atoms with E-state index in [-0.39, 0.29) is 12.1 Å². The van der Waals surface area contributed by atoms with E-state index in [1.807, 2.05) is 6.07 Å². The van der Waals surface area contributed by atoms with E-state index in [0.717, 1.165) is 11.8 Å². The third kappa shape index (κ3) is 6.13. The predicted molar refractivity (Wildman–Crippen MR) is 103 cm³/mol. The molecule has 0 atom stereocenters. The van der Waals surface area contributed by atoms with Crippen LogP contribution in [-0.4, -0.2) is 33.3 Å². The molecule has 0 saturated heterocycles. The van der Waals surface area contributed by atoms with Crippen molar-refractivity contribution in [3.63, 3.8) is 0 Å². The van der Waals surface area contributed by atoms with E-state index in [9.17, 15) is 13.6 Å². The summed E-state index contributed by atoms with van der Waals surface area (Å²) in [5, 5.41) is 3.16. The Labute approximate surface area is 166 Å². The zero-order valence-electron chi connectivity index (χ0n) is 15.4. The fourth-order valence-corrected chi connectivity index (χ4v) is 2.58. The number of benzene rings is 2. The Bertz CT molecular complexity index is 825. The van der Waals surface area contributed by atoms with Crippen molar-refractivity contribution >= 4 is 23.1 Å². The van der Waals surface area contributed by atoms with Gasteiger partial charge in [-0.05, 0) is 41.8 Å². The number of hydrogen-bond donors (Lipinski definition) is 1. The number of methoxy groups -OCH3 is 2. The highest BCUT2D eigenvalue weighted by atomic mass is 35.5. The minimum Gasteiger partial charge on any atom is -0.493 e. The highest BCUT2D eigenvalue weighted by Crippen LogP contribution is 2.27. The first kappa shape index (κ1) is 21.5. The number of nitrogens with one attached hydrogen (secondary N) is 1. The molecule has 0 aliphatic heterocycles. The van der Waals surface area contributed by atoms with Gasteiger partial charge in [-0.25, -0.2) is 0 Å². The third-order valence-corrected chi connectivity index (χ3v) is 4.09. The molecule has 2 rings (SSSR count). The lowest BCUT2D eigenvalue weighted by Crippen LogP contribution is -2.26. The Kier molecular flexibility index (Phi) is 8.07. The van der Waals surface area contributed by atoms with Gasteiger partial charge in [0.1, 0.15) is 6.26 Å². The lowest BCUT2D eigenvalue weighted by atomic mass is 10.1. The summed E-state index contributed by atoms with van der Waals surface area (Å²) < 4.78 is 39.4. The summed E-state index contributed by atoms with van der Waals surface area (Å²) in [5.74, 6) is 0.647. The van der Waals surface area contributed by atoms with E-state index in [4.69, 9.17) is 21.1 Å². The van der Waals surface area contributed by atoms with Crippen LogP contribution in [0.5, 0.6) is 11.5 Å². The normalized spacial score (nSPS) is 11.3. The van der Waals surface area contributed by atoms with Crippen molar-refractivity contribution in [3.05, 3.63) is 64.9 Å². The van der Waals surface area contributed by atoms with Gasteiger partial charge in [0, 0.05) is 11.6 Å². The number of carbonyl (C=O) groups is 1. The number of alkyl halides is 2. The summed E-state index contributed by atoms with van der Waals surface area (Å²) in [7, 11) is 3.08. The van der Waals surface area contributed by atoms with Crippen molar-refractivity contribution in [2.24, 2.45) is 0 Å². The van der Waals surface area contributed by atoms with E-state index in [1.165, 1.54) is 7.11 Å². The molecule has 0 radical (unpaired) electrons. The number of ether oxygens (including phenoxy) is 3. The maximum Gasteiger partial charge on any atom is 0.386 e. The molecule has 0 fully saturated rings. The molecule has 5 nitrogen and oxygen atoms in total.